The lowest BCUT2D eigenvalue weighted by Crippen LogP contribution is -2.40. The number of anilines is 1. The summed E-state index contributed by atoms with van der Waals surface area (Å²) >= 11 is 1.13. The van der Waals surface area contributed by atoms with E-state index in [1.165, 1.54) is 12.4 Å². The Kier molecular flexibility index (Phi) is 6.48. The zero-order valence-electron chi connectivity index (χ0n) is 10.6. The third kappa shape index (κ3) is 4.51. The van der Waals surface area contributed by atoms with Gasteiger partial charge in [-0.15, -0.1) is 11.3 Å². The van der Waals surface area contributed by atoms with Gasteiger partial charge < -0.3 is 25.7 Å². The van der Waals surface area contributed by atoms with Crippen LogP contribution in [0, 0.1) is 0 Å². The fourth-order valence-electron chi connectivity index (χ4n) is 1.15. The summed E-state index contributed by atoms with van der Waals surface area (Å²) in [5.74, 6) is -0.334. The highest BCUT2D eigenvalue weighted by molar-refractivity contribution is 7.13. The van der Waals surface area contributed by atoms with E-state index >= 15 is 0 Å². The van der Waals surface area contributed by atoms with Crippen molar-refractivity contribution in [2.24, 2.45) is 5.10 Å². The van der Waals surface area contributed by atoms with Gasteiger partial charge in [0.2, 0.25) is 5.13 Å². The monoisotopic (exact) mass is 304 g/mol. The Labute approximate surface area is 118 Å². The standard InChI is InChI=1S/C10H16N4O5S/c1-11-9(19)5-4-20-10(13-5)14-12-2-6(16)8(18)7(17)3-15/h2,4,6-8,15-18H,3H2,1H3,(H,11,19)(H,13,14)/b12-2-/t6-,7-,8+/m0/s1. The van der Waals surface area contributed by atoms with E-state index in [-0.39, 0.29) is 11.6 Å². The van der Waals surface area contributed by atoms with E-state index in [2.05, 4.69) is 20.8 Å². The Morgan fingerprint density at radius 3 is 2.85 bits per heavy atom. The summed E-state index contributed by atoms with van der Waals surface area (Å²) in [6.07, 6.45) is -3.52. The van der Waals surface area contributed by atoms with Crippen molar-refractivity contribution in [2.75, 3.05) is 19.1 Å². The first-order valence-electron chi connectivity index (χ1n) is 5.61. The summed E-state index contributed by atoms with van der Waals surface area (Å²) < 4.78 is 0. The molecule has 6 N–H and O–H groups in total. The number of nitrogens with one attached hydrogen (secondary N) is 2. The van der Waals surface area contributed by atoms with Crippen molar-refractivity contribution in [3.05, 3.63) is 11.1 Å². The highest BCUT2D eigenvalue weighted by Gasteiger charge is 2.22. The Balaban J connectivity index is 2.52. The molecular weight excluding hydrogens is 288 g/mol. The first kappa shape index (κ1) is 16.5. The molecule has 0 bridgehead atoms. The van der Waals surface area contributed by atoms with E-state index in [1.807, 2.05) is 0 Å². The van der Waals surface area contributed by atoms with Crippen molar-refractivity contribution < 1.29 is 25.2 Å². The number of hydrazone groups is 1. The minimum absolute atomic E-state index is 0.228. The van der Waals surface area contributed by atoms with E-state index in [9.17, 15) is 15.0 Å². The van der Waals surface area contributed by atoms with Gasteiger partial charge >= 0.3 is 0 Å². The SMILES string of the molecule is CNC(=O)c1csc(N/N=C\[C@H](O)[C@@H](O)[C@@H](O)CO)n1. The Hall–Kier alpha value is -1.59. The molecule has 0 aliphatic rings. The van der Waals surface area contributed by atoms with Crippen LogP contribution in [0.15, 0.2) is 10.5 Å². The van der Waals surface area contributed by atoms with Gasteiger partial charge in [-0.2, -0.15) is 5.10 Å². The molecule has 0 saturated heterocycles. The van der Waals surface area contributed by atoms with Crippen LogP contribution in [0.25, 0.3) is 0 Å². The number of aromatic nitrogens is 1. The number of hydrogen-bond donors (Lipinski definition) is 6. The molecule has 1 amide bonds. The van der Waals surface area contributed by atoms with Crippen molar-refractivity contribution in [1.29, 1.82) is 0 Å². The molecule has 0 aliphatic heterocycles. The van der Waals surface area contributed by atoms with E-state index < -0.39 is 24.9 Å². The molecule has 9 nitrogen and oxygen atoms in total. The second-order valence-electron chi connectivity index (χ2n) is 3.74. The number of amides is 1. The Morgan fingerprint density at radius 2 is 2.25 bits per heavy atom. The highest BCUT2D eigenvalue weighted by atomic mass is 32.1. The number of rotatable bonds is 7. The predicted molar refractivity (Wildman–Crippen MR) is 72.7 cm³/mol. The average molecular weight is 304 g/mol. The van der Waals surface area contributed by atoms with Gasteiger partial charge in [-0.05, 0) is 0 Å². The van der Waals surface area contributed by atoms with Crippen molar-refractivity contribution in [3.63, 3.8) is 0 Å². The molecule has 1 aromatic heterocycles. The van der Waals surface area contributed by atoms with Crippen LogP contribution < -0.4 is 10.7 Å². The molecule has 0 saturated carbocycles. The largest absolute Gasteiger partial charge is 0.394 e. The second-order valence-corrected chi connectivity index (χ2v) is 4.60. The fourth-order valence-corrected chi connectivity index (χ4v) is 1.79. The fraction of sp³-hybridized carbons (Fsp3) is 0.500. The normalized spacial score (nSPS) is 15.8. The van der Waals surface area contributed by atoms with Crippen LogP contribution in [-0.2, 0) is 0 Å². The van der Waals surface area contributed by atoms with Crippen LogP contribution in [0.1, 0.15) is 10.5 Å². The van der Waals surface area contributed by atoms with Crippen LogP contribution in [0.3, 0.4) is 0 Å². The zero-order chi connectivity index (χ0) is 15.1. The quantitative estimate of drug-likeness (QED) is 0.251. The molecule has 3 atom stereocenters. The van der Waals surface area contributed by atoms with Gasteiger partial charge in [-0.1, -0.05) is 0 Å². The average Bonchev–Trinajstić information content (AvgIpc) is 2.93. The zero-order valence-corrected chi connectivity index (χ0v) is 11.4. The molecule has 1 heterocycles. The van der Waals surface area contributed by atoms with Crippen molar-refractivity contribution >= 4 is 28.6 Å². The lowest BCUT2D eigenvalue weighted by atomic mass is 10.1. The summed E-state index contributed by atoms with van der Waals surface area (Å²) in [6, 6.07) is 0. The lowest BCUT2D eigenvalue weighted by molar-refractivity contribution is -0.0541. The topological polar surface area (TPSA) is 147 Å². The lowest BCUT2D eigenvalue weighted by Gasteiger charge is -2.17. The maximum atomic E-state index is 11.2. The molecule has 0 spiro atoms. The minimum atomic E-state index is -1.55. The maximum Gasteiger partial charge on any atom is 0.270 e. The van der Waals surface area contributed by atoms with Crippen molar-refractivity contribution in [1.82, 2.24) is 10.3 Å². The van der Waals surface area contributed by atoms with Gasteiger partial charge in [0.1, 0.15) is 24.0 Å². The molecular formula is C10H16N4O5S. The Bertz CT molecular complexity index is 466. The van der Waals surface area contributed by atoms with Gasteiger partial charge in [0.05, 0.1) is 12.8 Å². The number of aliphatic hydroxyl groups excluding tert-OH is 4. The molecule has 1 rings (SSSR count). The molecule has 0 fully saturated rings. The van der Waals surface area contributed by atoms with E-state index in [1.54, 1.807) is 0 Å². The minimum Gasteiger partial charge on any atom is -0.394 e. The second kappa shape index (κ2) is 7.87. The summed E-state index contributed by atoms with van der Waals surface area (Å²) in [6.45, 7) is -0.679. The predicted octanol–water partition coefficient (Wildman–Crippen LogP) is -2.02. The number of carbonyl (C=O) groups is 1. The highest BCUT2D eigenvalue weighted by Crippen LogP contribution is 2.14. The molecule has 1 aromatic rings. The number of aliphatic hydroxyl groups is 4. The van der Waals surface area contributed by atoms with Crippen LogP contribution in [0.2, 0.25) is 0 Å². The third-order valence-electron chi connectivity index (χ3n) is 2.28. The van der Waals surface area contributed by atoms with Gasteiger partial charge in [0.15, 0.2) is 0 Å². The number of nitrogens with zero attached hydrogens (tertiary/aromatic N) is 2. The van der Waals surface area contributed by atoms with Gasteiger partial charge in [-0.25, -0.2) is 4.98 Å². The maximum absolute atomic E-state index is 11.2. The van der Waals surface area contributed by atoms with E-state index in [0.29, 0.717) is 5.13 Å². The van der Waals surface area contributed by atoms with Crippen molar-refractivity contribution in [2.45, 2.75) is 18.3 Å². The summed E-state index contributed by atoms with van der Waals surface area (Å²) in [5, 5.41) is 44.4. The van der Waals surface area contributed by atoms with Gasteiger partial charge in [0, 0.05) is 12.4 Å². The van der Waals surface area contributed by atoms with Gasteiger partial charge in [-0.3, -0.25) is 10.2 Å². The van der Waals surface area contributed by atoms with Crippen LogP contribution in [0.5, 0.6) is 0 Å². The molecule has 112 valence electrons. The molecule has 0 unspecified atom stereocenters. The number of carbonyl (C=O) groups excluding carboxylic acids is 1. The number of hydrogen-bond acceptors (Lipinski definition) is 9. The van der Waals surface area contributed by atoms with Crippen LogP contribution in [-0.4, -0.2) is 69.5 Å². The molecule has 0 aliphatic carbocycles. The van der Waals surface area contributed by atoms with Crippen LogP contribution >= 0.6 is 11.3 Å². The third-order valence-corrected chi connectivity index (χ3v) is 3.03. The van der Waals surface area contributed by atoms with E-state index in [4.69, 9.17) is 10.2 Å². The van der Waals surface area contributed by atoms with Gasteiger partial charge in [0.25, 0.3) is 5.91 Å². The first-order valence-corrected chi connectivity index (χ1v) is 6.49. The van der Waals surface area contributed by atoms with Crippen molar-refractivity contribution in [3.8, 4) is 0 Å². The molecule has 0 radical (unpaired) electrons. The molecule has 10 heteroatoms. The Morgan fingerprint density at radius 1 is 1.55 bits per heavy atom. The summed E-state index contributed by atoms with van der Waals surface area (Å²) in [7, 11) is 1.48. The number of thiazole rings is 1. The molecule has 20 heavy (non-hydrogen) atoms. The summed E-state index contributed by atoms with van der Waals surface area (Å²) in [4.78, 5) is 15.2. The summed E-state index contributed by atoms with van der Waals surface area (Å²) in [5.41, 5.74) is 2.70. The molecule has 0 aromatic carbocycles. The van der Waals surface area contributed by atoms with Crippen LogP contribution in [0.4, 0.5) is 5.13 Å². The smallest absolute Gasteiger partial charge is 0.270 e. The first-order chi connectivity index (χ1) is 9.49. The van der Waals surface area contributed by atoms with E-state index in [0.717, 1.165) is 17.6 Å².